The lowest BCUT2D eigenvalue weighted by Gasteiger charge is -2.17. The van der Waals surface area contributed by atoms with Crippen molar-refractivity contribution < 1.29 is 75.2 Å². The van der Waals surface area contributed by atoms with Gasteiger partial charge in [0, 0.05) is 123 Å². The van der Waals surface area contributed by atoms with Gasteiger partial charge in [-0.3, -0.25) is 5.10 Å². The lowest BCUT2D eigenvalue weighted by atomic mass is 9.96. The van der Waals surface area contributed by atoms with Crippen molar-refractivity contribution in [2.75, 3.05) is 67.4 Å². The number of halogens is 3. The number of nitrogens with two attached hydrogens (primary N) is 1. The van der Waals surface area contributed by atoms with Gasteiger partial charge in [0.25, 0.3) is 0 Å². The van der Waals surface area contributed by atoms with Gasteiger partial charge in [0.1, 0.15) is 44.0 Å². The van der Waals surface area contributed by atoms with Crippen LogP contribution in [0.3, 0.4) is 0 Å². The number of nitrogens with zero attached hydrogens (tertiary/aromatic N) is 10. The van der Waals surface area contributed by atoms with E-state index < -0.39 is 78.1 Å². The van der Waals surface area contributed by atoms with Crippen LogP contribution in [-0.4, -0.2) is 192 Å². The lowest BCUT2D eigenvalue weighted by molar-refractivity contribution is 0.0195. The van der Waals surface area contributed by atoms with E-state index in [4.69, 9.17) is 68.5 Å². The quantitative estimate of drug-likeness (QED) is 0.0117. The third kappa shape index (κ3) is 31.3. The number of fused-ring (bicyclic) bond motifs is 3. The zero-order chi connectivity index (χ0) is 97.6. The summed E-state index contributed by atoms with van der Waals surface area (Å²) >= 11 is 0. The number of amides is 2. The fraction of sp³-hybridized carbons (Fsp3) is 0.485. The number of alkyl carbamates (subject to hydrolysis) is 2. The molecule has 6 heterocycles. The van der Waals surface area contributed by atoms with Crippen LogP contribution in [0.25, 0.3) is 101 Å². The van der Waals surface area contributed by atoms with Crippen molar-refractivity contribution in [1.29, 1.82) is 0 Å². The van der Waals surface area contributed by atoms with Gasteiger partial charge in [0.2, 0.25) is 0 Å². The molecule has 28 nitrogen and oxygen atoms in total. The van der Waals surface area contributed by atoms with Crippen LogP contribution in [-0.2, 0) is 104 Å². The van der Waals surface area contributed by atoms with Crippen molar-refractivity contribution in [3.05, 3.63) is 161 Å². The van der Waals surface area contributed by atoms with E-state index in [0.717, 1.165) is 130 Å². The Balaban J connectivity index is 0.000000216. The number of imidazole rings is 3. The minimum absolute atomic E-state index is 0.00904. The van der Waals surface area contributed by atoms with E-state index in [1.165, 1.54) is 26.4 Å². The van der Waals surface area contributed by atoms with Crippen LogP contribution in [0.4, 0.5) is 22.8 Å². The minimum Gasteiger partial charge on any atom is -0.505 e. The number of ether oxygens (including phenoxy) is 10. The topological polar surface area (TPSA) is 325 Å². The molecule has 728 valence electrons. The van der Waals surface area contributed by atoms with Gasteiger partial charge in [-0.15, -0.1) is 0 Å². The third-order valence-corrected chi connectivity index (χ3v) is 32.7. The summed E-state index contributed by atoms with van der Waals surface area (Å²) in [7, 11) is -4.93. The molecule has 12 aromatic rings. The number of phenols is 1. The van der Waals surface area contributed by atoms with Gasteiger partial charge >= 0.3 is 12.2 Å². The Labute approximate surface area is 793 Å². The molecule has 0 aliphatic carbocycles. The highest BCUT2D eigenvalue weighted by Crippen LogP contribution is 2.40. The molecular weight excluding hydrogens is 1810 g/mol. The molecule has 0 unspecified atom stereocenters. The highest BCUT2D eigenvalue weighted by molar-refractivity contribution is 6.78. The van der Waals surface area contributed by atoms with Gasteiger partial charge in [-0.2, -0.15) is 15.3 Å². The molecular formula is C97H142F3N15O13Si6. The molecule has 0 fully saturated rings. The minimum atomic E-state index is -1.31. The standard InChI is InChI=1S/C39H62FN5O6Si3.C37H60FN5O4Si3.C21H20FN5O3/c1-12-29-22-36(51-28-50-17-20-54(9,10)11)34(40)23-33(29)30-13-14-32-35(21-30)45(27-49-16-19-53(6,7)8)43-37(32)38-42-31(24-41-39(46)47-2)25-44(38)26-48-15-18-52(3,4)5;1-11-28-21-35(47-27-46-16-19-50(8,9)10)33(38)22-32(28)29-12-13-31-34(20-29)43(26-45-15-18-49(5,6)7)41-36(31)37-40-30(23-39)24-42(37)25-44-14-17-48(2,3)4;1-3-11-7-18(28)16(22)8-15(11)12-4-5-14-17(6-12)26-27-19(14)20-23-9-13(25-20)10-24-21(29)30-2/h13-14,21-23,25H,12,15-20,24,26-28H2,1-11H3,(H,41,46);12-13,20-22,24H,11,14-19,23,25-27,39H2,1-10H3;4-9,28H,3,10H2,1-2H3,(H,23,25)(H,24,29)(H,26,27). The molecule has 134 heavy (non-hydrogen) atoms. The average molecular weight is 1950 g/mol. The second kappa shape index (κ2) is 47.7. The summed E-state index contributed by atoms with van der Waals surface area (Å²) in [4.78, 5) is 40.4. The number of rotatable bonds is 46. The molecule has 0 atom stereocenters. The van der Waals surface area contributed by atoms with E-state index in [0.29, 0.717) is 119 Å². The predicted octanol–water partition coefficient (Wildman–Crippen LogP) is 22.4. The predicted molar refractivity (Wildman–Crippen MR) is 544 cm³/mol. The van der Waals surface area contributed by atoms with Crippen molar-refractivity contribution in [1.82, 2.24) is 69.5 Å². The molecule has 2 amide bonds. The lowest BCUT2D eigenvalue weighted by Crippen LogP contribution is -2.22. The fourth-order valence-electron chi connectivity index (χ4n) is 14.2. The Morgan fingerprint density at radius 2 is 0.836 bits per heavy atom. The number of nitrogens with one attached hydrogen (secondary N) is 4. The summed E-state index contributed by atoms with van der Waals surface area (Å²) in [6.45, 7) is 53.6. The van der Waals surface area contributed by atoms with Gasteiger partial charge in [-0.05, 0) is 178 Å². The van der Waals surface area contributed by atoms with Crippen LogP contribution in [0.5, 0.6) is 17.2 Å². The van der Waals surface area contributed by atoms with E-state index in [1.807, 2.05) is 86.3 Å². The molecule has 37 heteroatoms. The van der Waals surface area contributed by atoms with Crippen molar-refractivity contribution in [2.45, 2.75) is 241 Å². The number of hydrogen-bond acceptors (Lipinski definition) is 20. The molecule has 0 saturated carbocycles. The number of carbonyl (C=O) groups is 2. The first-order valence-corrected chi connectivity index (χ1v) is 68.5. The van der Waals surface area contributed by atoms with Crippen LogP contribution < -0.4 is 25.8 Å². The van der Waals surface area contributed by atoms with Gasteiger partial charge < -0.3 is 83.0 Å². The van der Waals surface area contributed by atoms with E-state index in [9.17, 15) is 19.1 Å². The zero-order valence-corrected chi connectivity index (χ0v) is 88.9. The number of carbonyl (C=O) groups excluding carboxylic acids is 2. The van der Waals surface area contributed by atoms with Crippen molar-refractivity contribution in [3.63, 3.8) is 0 Å². The van der Waals surface area contributed by atoms with E-state index in [-0.39, 0.29) is 57.4 Å². The van der Waals surface area contributed by atoms with Crippen molar-refractivity contribution >= 4 is 93.3 Å². The number of aryl methyl sites for hydroxylation is 3. The monoisotopic (exact) mass is 1950 g/mol. The summed E-state index contributed by atoms with van der Waals surface area (Å²) in [6.07, 6.45) is 6.43. The maximum absolute atomic E-state index is 15.6. The summed E-state index contributed by atoms with van der Waals surface area (Å²) < 4.78 is 110. The summed E-state index contributed by atoms with van der Waals surface area (Å²) in [5.74, 6) is 0.391. The van der Waals surface area contributed by atoms with Gasteiger partial charge in [0.15, 0.2) is 65.8 Å². The molecule has 0 spiro atoms. The number of methoxy groups -OCH3 is 2. The Morgan fingerprint density at radius 3 is 1.25 bits per heavy atom. The van der Waals surface area contributed by atoms with Crippen LogP contribution in [0.15, 0.2) is 110 Å². The zero-order valence-electron chi connectivity index (χ0n) is 82.9. The molecule has 0 aliphatic rings. The van der Waals surface area contributed by atoms with Crippen LogP contribution in [0.2, 0.25) is 154 Å². The molecule has 7 N–H and O–H groups in total. The number of hydrogen-bond donors (Lipinski definition) is 6. The first-order valence-electron chi connectivity index (χ1n) is 46.2. The largest absolute Gasteiger partial charge is 0.505 e. The van der Waals surface area contributed by atoms with Gasteiger partial charge in [-0.1, -0.05) is 157 Å². The normalized spacial score (nSPS) is 12.2. The van der Waals surface area contributed by atoms with Crippen LogP contribution in [0.1, 0.15) is 54.5 Å². The first-order chi connectivity index (χ1) is 63.3. The number of aromatic nitrogens is 12. The highest BCUT2D eigenvalue weighted by Gasteiger charge is 2.28. The Morgan fingerprint density at radius 1 is 0.455 bits per heavy atom. The Kier molecular flexibility index (Phi) is 37.8. The van der Waals surface area contributed by atoms with E-state index in [2.05, 4.69) is 173 Å². The fourth-order valence-corrected chi connectivity index (χ4v) is 18.8. The van der Waals surface area contributed by atoms with E-state index >= 15 is 8.78 Å². The molecule has 0 saturated heterocycles. The molecule has 0 radical (unpaired) electrons. The van der Waals surface area contributed by atoms with E-state index in [1.54, 1.807) is 30.5 Å². The number of phenolic OH excluding ortho intramolecular Hbond substituents is 1. The highest BCUT2D eigenvalue weighted by atomic mass is 28.3. The second-order valence-electron chi connectivity index (χ2n) is 41.0. The van der Waals surface area contributed by atoms with Gasteiger partial charge in [-0.25, -0.2) is 47.1 Å². The van der Waals surface area contributed by atoms with Crippen molar-refractivity contribution in [3.8, 4) is 85.2 Å². The third-order valence-electron chi connectivity index (χ3n) is 22.4. The molecule has 0 aliphatic heterocycles. The first kappa shape index (κ1) is 106. The molecule has 6 aromatic heterocycles. The Bertz CT molecular complexity index is 5900. The average Bonchev–Trinajstić information content (AvgIpc) is 1.61. The Hall–Kier alpha value is -9.89. The second-order valence-corrected chi connectivity index (χ2v) is 74.7. The molecule has 0 bridgehead atoms. The SMILES string of the molecule is CCc1cc(O)c(F)cc1-c1ccc2c(-c3ncc(CNC(=O)OC)[nH]3)n[nH]c2c1.CCc1cc(OCOCC[Si](C)(C)C)c(F)cc1-c1ccc2c(-c3nc(CN)cn3COCC[Si](C)(C)C)nn(COCC[Si](C)(C)C)c2c1.CCc1cc(OCOCC[Si](C)(C)C)c(F)cc1-c1ccc2c(-c3nc(CNC(=O)OC)cn3COCC[Si](C)(C)C)nn(COCC[Si](C)(C)C)c2c1. The maximum Gasteiger partial charge on any atom is 0.407 e. The van der Waals surface area contributed by atoms with Crippen LogP contribution >= 0.6 is 0 Å². The molecule has 12 rings (SSSR count). The summed E-state index contributed by atoms with van der Waals surface area (Å²) in [5, 5.41) is 35.1. The number of H-pyrrole nitrogens is 2. The van der Waals surface area contributed by atoms with Crippen LogP contribution in [0, 0.1) is 17.5 Å². The summed E-state index contributed by atoms with van der Waals surface area (Å²) in [6, 6.07) is 33.6. The van der Waals surface area contributed by atoms with Gasteiger partial charge in [0.05, 0.1) is 67.1 Å². The number of aromatic hydroxyl groups is 1. The smallest absolute Gasteiger partial charge is 0.407 e. The molecule has 6 aromatic carbocycles. The van der Waals surface area contributed by atoms with Crippen molar-refractivity contribution in [2.24, 2.45) is 5.73 Å². The number of benzene rings is 6. The summed E-state index contributed by atoms with van der Waals surface area (Å²) in [5.41, 5.74) is 20.3. The maximum atomic E-state index is 15.6. The number of aromatic amines is 2.